The van der Waals surface area contributed by atoms with Crippen molar-refractivity contribution in [1.29, 1.82) is 0 Å². The van der Waals surface area contributed by atoms with E-state index in [9.17, 15) is 0 Å². The average Bonchev–Trinajstić information content (AvgIpc) is 2.64. The lowest BCUT2D eigenvalue weighted by molar-refractivity contribution is 0.151. The molecule has 1 unspecified atom stereocenters. The molecule has 0 fully saturated rings. The molecular formula is C12H17N3OS. The normalized spacial score (nSPS) is 13.1. The van der Waals surface area contributed by atoms with Gasteiger partial charge in [0, 0.05) is 13.3 Å². The van der Waals surface area contributed by atoms with Crippen LogP contribution in [-0.4, -0.2) is 28.3 Å². The molecule has 0 amide bonds. The van der Waals surface area contributed by atoms with Crippen molar-refractivity contribution in [3.8, 4) is 0 Å². The molecule has 1 N–H and O–H groups in total. The highest BCUT2D eigenvalue weighted by Crippen LogP contribution is 2.21. The zero-order chi connectivity index (χ0) is 12.3. The molecule has 1 atom stereocenters. The number of imidazole rings is 1. The van der Waals surface area contributed by atoms with E-state index in [0.717, 1.165) is 24.0 Å². The number of fused-ring (bicyclic) bond motifs is 1. The molecule has 2 aromatic heterocycles. The van der Waals surface area contributed by atoms with Crippen molar-refractivity contribution in [1.82, 2.24) is 14.5 Å². The third-order valence-corrected chi connectivity index (χ3v) is 3.12. The minimum absolute atomic E-state index is 0.251. The third-order valence-electron chi connectivity index (χ3n) is 2.82. The number of aromatic nitrogens is 3. The molecule has 2 aromatic rings. The van der Waals surface area contributed by atoms with Gasteiger partial charge in [-0.2, -0.15) is 0 Å². The van der Waals surface area contributed by atoms with E-state index in [1.807, 2.05) is 12.1 Å². The molecule has 0 aliphatic heterocycles. The number of ether oxygens (including phenoxy) is 1. The molecule has 0 radical (unpaired) electrons. The largest absolute Gasteiger partial charge is 0.383 e. The van der Waals surface area contributed by atoms with E-state index in [4.69, 9.17) is 17.0 Å². The maximum absolute atomic E-state index is 5.37. The van der Waals surface area contributed by atoms with Crippen LogP contribution in [0.2, 0.25) is 0 Å². The summed E-state index contributed by atoms with van der Waals surface area (Å²) in [4.78, 5) is 7.58. The molecule has 92 valence electrons. The van der Waals surface area contributed by atoms with E-state index >= 15 is 0 Å². The molecule has 17 heavy (non-hydrogen) atoms. The van der Waals surface area contributed by atoms with Crippen LogP contribution in [-0.2, 0) is 4.74 Å². The number of H-pyrrole nitrogens is 1. The van der Waals surface area contributed by atoms with E-state index in [2.05, 4.69) is 21.5 Å². The topological polar surface area (TPSA) is 42.8 Å². The van der Waals surface area contributed by atoms with Crippen molar-refractivity contribution in [2.24, 2.45) is 0 Å². The second-order valence-electron chi connectivity index (χ2n) is 4.07. The van der Waals surface area contributed by atoms with E-state index in [0.29, 0.717) is 11.4 Å². The monoisotopic (exact) mass is 251 g/mol. The fourth-order valence-corrected chi connectivity index (χ4v) is 2.45. The van der Waals surface area contributed by atoms with Gasteiger partial charge < -0.3 is 9.72 Å². The number of rotatable bonds is 5. The van der Waals surface area contributed by atoms with Crippen LogP contribution in [0.15, 0.2) is 18.3 Å². The van der Waals surface area contributed by atoms with Crippen LogP contribution in [0.4, 0.5) is 0 Å². The zero-order valence-electron chi connectivity index (χ0n) is 10.1. The van der Waals surface area contributed by atoms with E-state index < -0.39 is 0 Å². The number of hydrogen-bond acceptors (Lipinski definition) is 3. The fraction of sp³-hybridized carbons (Fsp3) is 0.500. The van der Waals surface area contributed by atoms with Crippen LogP contribution < -0.4 is 0 Å². The van der Waals surface area contributed by atoms with Gasteiger partial charge in [-0.15, -0.1) is 0 Å². The first-order valence-electron chi connectivity index (χ1n) is 5.82. The molecule has 0 saturated carbocycles. The van der Waals surface area contributed by atoms with Crippen LogP contribution in [0.1, 0.15) is 25.8 Å². The van der Waals surface area contributed by atoms with Crippen LogP contribution in [0.3, 0.4) is 0 Å². The summed E-state index contributed by atoms with van der Waals surface area (Å²) >= 11 is 5.37. The molecule has 2 rings (SSSR count). The third kappa shape index (κ3) is 2.40. The quantitative estimate of drug-likeness (QED) is 0.830. The van der Waals surface area contributed by atoms with E-state index in [1.54, 1.807) is 13.3 Å². The molecule has 0 spiro atoms. The summed E-state index contributed by atoms with van der Waals surface area (Å²) in [7, 11) is 1.72. The summed E-state index contributed by atoms with van der Waals surface area (Å²) in [5.74, 6) is 0. The summed E-state index contributed by atoms with van der Waals surface area (Å²) in [6.07, 6.45) is 3.91. The van der Waals surface area contributed by atoms with E-state index in [-0.39, 0.29) is 6.04 Å². The Hall–Kier alpha value is -1.20. The van der Waals surface area contributed by atoms with Crippen molar-refractivity contribution in [2.45, 2.75) is 25.8 Å². The van der Waals surface area contributed by atoms with Crippen molar-refractivity contribution in [3.63, 3.8) is 0 Å². The van der Waals surface area contributed by atoms with Gasteiger partial charge in [0.05, 0.1) is 18.2 Å². The lowest BCUT2D eigenvalue weighted by Crippen LogP contribution is -2.15. The van der Waals surface area contributed by atoms with Gasteiger partial charge in [0.2, 0.25) is 0 Å². The first-order valence-corrected chi connectivity index (χ1v) is 6.23. The maximum atomic E-state index is 5.37. The lowest BCUT2D eigenvalue weighted by Gasteiger charge is -2.17. The van der Waals surface area contributed by atoms with Gasteiger partial charge in [-0.1, -0.05) is 13.3 Å². The average molecular weight is 251 g/mol. The first kappa shape index (κ1) is 12.3. The molecule has 0 bridgehead atoms. The molecule has 4 nitrogen and oxygen atoms in total. The SMILES string of the molecule is CCCC(COC)n1c(=S)[nH]c2cccnc21. The van der Waals surface area contributed by atoms with Crippen LogP contribution in [0, 0.1) is 4.77 Å². The molecular weight excluding hydrogens is 234 g/mol. The van der Waals surface area contributed by atoms with Crippen molar-refractivity contribution in [2.75, 3.05) is 13.7 Å². The van der Waals surface area contributed by atoms with Crippen molar-refractivity contribution >= 4 is 23.4 Å². The Balaban J connectivity index is 2.51. The minimum atomic E-state index is 0.251. The highest BCUT2D eigenvalue weighted by atomic mass is 32.1. The van der Waals surface area contributed by atoms with Crippen molar-refractivity contribution < 1.29 is 4.74 Å². The second-order valence-corrected chi connectivity index (χ2v) is 4.46. The summed E-state index contributed by atoms with van der Waals surface area (Å²) in [6.45, 7) is 2.82. The molecule has 5 heteroatoms. The highest BCUT2D eigenvalue weighted by molar-refractivity contribution is 7.71. The fourth-order valence-electron chi connectivity index (χ4n) is 2.11. The maximum Gasteiger partial charge on any atom is 0.179 e. The predicted molar refractivity (Wildman–Crippen MR) is 70.7 cm³/mol. The minimum Gasteiger partial charge on any atom is -0.383 e. The number of pyridine rings is 1. The Morgan fingerprint density at radius 1 is 1.59 bits per heavy atom. The zero-order valence-corrected chi connectivity index (χ0v) is 11.0. The van der Waals surface area contributed by atoms with Gasteiger partial charge in [-0.3, -0.25) is 4.57 Å². The Morgan fingerprint density at radius 3 is 3.12 bits per heavy atom. The first-order chi connectivity index (χ1) is 8.27. The Labute approximate surface area is 106 Å². The van der Waals surface area contributed by atoms with Crippen molar-refractivity contribution in [3.05, 3.63) is 23.1 Å². The number of nitrogens with one attached hydrogen (secondary N) is 1. The molecule has 0 aliphatic carbocycles. The molecule has 0 aromatic carbocycles. The van der Waals surface area contributed by atoms with Gasteiger partial charge >= 0.3 is 0 Å². The number of aromatic amines is 1. The lowest BCUT2D eigenvalue weighted by atomic mass is 10.2. The number of hydrogen-bond donors (Lipinski definition) is 1. The number of methoxy groups -OCH3 is 1. The Bertz CT molecular complexity index is 540. The second kappa shape index (κ2) is 5.42. The van der Waals surface area contributed by atoms with Crippen LogP contribution in [0.25, 0.3) is 11.2 Å². The van der Waals surface area contributed by atoms with Gasteiger partial charge in [-0.25, -0.2) is 4.98 Å². The van der Waals surface area contributed by atoms with Crippen LogP contribution in [0.5, 0.6) is 0 Å². The summed E-state index contributed by atoms with van der Waals surface area (Å²) in [5.41, 5.74) is 1.89. The standard InChI is InChI=1S/C12H17N3OS/c1-3-5-9(8-16-2)15-11-10(14-12(15)17)6-4-7-13-11/h4,6-7,9H,3,5,8H2,1-2H3,(H,14,17). The number of nitrogens with zero attached hydrogens (tertiary/aromatic N) is 2. The highest BCUT2D eigenvalue weighted by Gasteiger charge is 2.15. The molecule has 0 aliphatic rings. The Kier molecular flexibility index (Phi) is 3.91. The van der Waals surface area contributed by atoms with Gasteiger partial charge in [0.25, 0.3) is 0 Å². The molecule has 2 heterocycles. The summed E-state index contributed by atoms with van der Waals surface area (Å²) in [5, 5.41) is 0. The predicted octanol–water partition coefficient (Wildman–Crippen LogP) is 3.08. The Morgan fingerprint density at radius 2 is 2.41 bits per heavy atom. The van der Waals surface area contributed by atoms with Gasteiger partial charge in [-0.05, 0) is 30.8 Å². The summed E-state index contributed by atoms with van der Waals surface area (Å²) < 4.78 is 8.06. The van der Waals surface area contributed by atoms with E-state index in [1.165, 1.54) is 0 Å². The van der Waals surface area contributed by atoms with Crippen LogP contribution >= 0.6 is 12.2 Å². The summed E-state index contributed by atoms with van der Waals surface area (Å²) in [6, 6.07) is 4.15. The molecule has 0 saturated heterocycles. The van der Waals surface area contributed by atoms with Gasteiger partial charge in [0.15, 0.2) is 10.4 Å². The smallest absolute Gasteiger partial charge is 0.179 e. The van der Waals surface area contributed by atoms with Gasteiger partial charge in [0.1, 0.15) is 0 Å².